The van der Waals surface area contributed by atoms with Crippen LogP contribution in [0.15, 0.2) is 60.7 Å². The van der Waals surface area contributed by atoms with E-state index in [0.29, 0.717) is 47.3 Å². The first-order valence-electron chi connectivity index (χ1n) is 25.8. The molecule has 2 aromatic carbocycles. The minimum absolute atomic E-state index is 0.0185. The molecular formula is C58H86O4. The van der Waals surface area contributed by atoms with Crippen LogP contribution >= 0.6 is 0 Å². The van der Waals surface area contributed by atoms with E-state index in [-0.39, 0.29) is 45.1 Å². The Bertz CT molecular complexity index is 1840. The molecule has 5 saturated carbocycles. The van der Waals surface area contributed by atoms with E-state index < -0.39 is 0 Å². The Hall–Kier alpha value is -2.88. The third kappa shape index (κ3) is 8.91. The molecule has 2 aromatic rings. The highest BCUT2D eigenvalue weighted by Crippen LogP contribution is 2.77. The molecule has 0 aromatic heterocycles. The molecule has 5 fully saturated rings. The first kappa shape index (κ1) is 47.1. The summed E-state index contributed by atoms with van der Waals surface area (Å²) in [5, 5.41) is 0. The number of rotatable bonds is 18. The Balaban J connectivity index is 1.02. The number of esters is 2. The molecule has 5 aliphatic carbocycles. The maximum atomic E-state index is 13.7. The third-order valence-electron chi connectivity index (χ3n) is 19.4. The monoisotopic (exact) mass is 847 g/mol. The molecule has 10 atom stereocenters. The molecule has 4 nitrogen and oxygen atoms in total. The van der Waals surface area contributed by atoms with Crippen LogP contribution in [0.25, 0.3) is 0 Å². The molecule has 0 unspecified atom stereocenters. The van der Waals surface area contributed by atoms with Crippen molar-refractivity contribution in [3.8, 4) is 0 Å². The van der Waals surface area contributed by atoms with E-state index in [1.165, 1.54) is 113 Å². The Morgan fingerprint density at radius 1 is 0.613 bits per heavy atom. The minimum atomic E-state index is -0.160. The van der Waals surface area contributed by atoms with Gasteiger partial charge in [-0.15, -0.1) is 0 Å². The second-order valence-corrected chi connectivity index (χ2v) is 23.1. The van der Waals surface area contributed by atoms with Crippen molar-refractivity contribution >= 4 is 11.9 Å². The van der Waals surface area contributed by atoms with Gasteiger partial charge in [-0.1, -0.05) is 136 Å². The summed E-state index contributed by atoms with van der Waals surface area (Å²) >= 11 is 0. The van der Waals surface area contributed by atoms with Gasteiger partial charge in [0.2, 0.25) is 0 Å². The summed E-state index contributed by atoms with van der Waals surface area (Å²) in [4.78, 5) is 27.4. The fraction of sp³-hybridized carbons (Fsp3) is 0.724. The highest BCUT2D eigenvalue weighted by atomic mass is 16.5. The largest absolute Gasteiger partial charge is 0.461 e. The Kier molecular flexibility index (Phi) is 14.7. The lowest BCUT2D eigenvalue weighted by atomic mass is 9.32. The topological polar surface area (TPSA) is 52.6 Å². The quantitative estimate of drug-likeness (QED) is 0.0852. The predicted octanol–water partition coefficient (Wildman–Crippen LogP) is 15.8. The summed E-state index contributed by atoms with van der Waals surface area (Å²) in [5.74, 6) is 2.40. The zero-order valence-electron chi connectivity index (χ0n) is 40.7. The smallest absolute Gasteiger partial charge is 0.338 e. The minimum Gasteiger partial charge on any atom is -0.461 e. The lowest BCUT2D eigenvalue weighted by Crippen LogP contribution is -2.67. The zero-order valence-corrected chi connectivity index (χ0v) is 40.7. The fourth-order valence-corrected chi connectivity index (χ4v) is 15.7. The van der Waals surface area contributed by atoms with E-state index in [1.807, 2.05) is 24.3 Å². The number of unbranched alkanes of at least 4 members (excludes halogenated alkanes) is 8. The predicted molar refractivity (Wildman–Crippen MR) is 256 cm³/mol. The summed E-state index contributed by atoms with van der Waals surface area (Å²) in [5.41, 5.74) is 5.88. The van der Waals surface area contributed by atoms with Crippen molar-refractivity contribution < 1.29 is 19.1 Å². The molecule has 0 heterocycles. The van der Waals surface area contributed by atoms with Gasteiger partial charge < -0.3 is 9.47 Å². The van der Waals surface area contributed by atoms with Crippen molar-refractivity contribution in [2.45, 2.75) is 203 Å². The summed E-state index contributed by atoms with van der Waals surface area (Å²) in [6.45, 7) is 24.8. The second-order valence-electron chi connectivity index (χ2n) is 23.1. The Morgan fingerprint density at radius 3 is 1.77 bits per heavy atom. The lowest BCUT2D eigenvalue weighted by molar-refractivity contribution is -0.249. The number of hydrogen-bond donors (Lipinski definition) is 0. The van der Waals surface area contributed by atoms with E-state index in [0.717, 1.165) is 44.9 Å². The molecule has 4 heteroatoms. The van der Waals surface area contributed by atoms with Gasteiger partial charge in [0.1, 0.15) is 6.10 Å². The van der Waals surface area contributed by atoms with Gasteiger partial charge >= 0.3 is 11.9 Å². The molecule has 5 aliphatic rings. The van der Waals surface area contributed by atoms with Crippen molar-refractivity contribution in [2.75, 3.05) is 6.61 Å². The van der Waals surface area contributed by atoms with Crippen molar-refractivity contribution in [3.63, 3.8) is 0 Å². The number of fused-ring (bicyclic) bond motifs is 7. The maximum Gasteiger partial charge on any atom is 0.338 e. The van der Waals surface area contributed by atoms with Gasteiger partial charge in [0.05, 0.1) is 17.7 Å². The molecule has 0 spiro atoms. The molecular weight excluding hydrogens is 761 g/mol. The average Bonchev–Trinajstić information content (AvgIpc) is 3.64. The molecule has 0 amide bonds. The number of carbonyl (C=O) groups is 2. The molecule has 342 valence electrons. The van der Waals surface area contributed by atoms with E-state index in [4.69, 9.17) is 9.47 Å². The van der Waals surface area contributed by atoms with Crippen molar-refractivity contribution in [1.29, 1.82) is 0 Å². The van der Waals surface area contributed by atoms with Gasteiger partial charge in [-0.3, -0.25) is 0 Å². The van der Waals surface area contributed by atoms with E-state index >= 15 is 0 Å². The number of benzene rings is 2. The van der Waals surface area contributed by atoms with Crippen molar-refractivity contribution in [1.82, 2.24) is 0 Å². The average molecular weight is 847 g/mol. The van der Waals surface area contributed by atoms with E-state index in [9.17, 15) is 9.59 Å². The highest BCUT2D eigenvalue weighted by molar-refractivity contribution is 5.90. The molecule has 0 aliphatic heterocycles. The molecule has 0 radical (unpaired) electrons. The number of allylic oxidation sites excluding steroid dienone is 1. The first-order valence-corrected chi connectivity index (χ1v) is 25.8. The van der Waals surface area contributed by atoms with E-state index in [2.05, 4.69) is 86.2 Å². The molecule has 0 saturated heterocycles. The molecule has 0 N–H and O–H groups in total. The van der Waals surface area contributed by atoms with Crippen LogP contribution in [0.1, 0.15) is 216 Å². The molecule has 0 bridgehead atoms. The first-order chi connectivity index (χ1) is 29.6. The third-order valence-corrected chi connectivity index (χ3v) is 19.4. The summed E-state index contributed by atoms with van der Waals surface area (Å²) in [7, 11) is 0. The van der Waals surface area contributed by atoms with Crippen molar-refractivity contribution in [3.05, 3.63) is 82.9 Å². The van der Waals surface area contributed by atoms with Crippen LogP contribution in [-0.2, 0) is 22.3 Å². The standard InChI is InChI=1S/C58H86O4/c1-10-12-14-16-18-20-42-22-26-44(27-23-42)52(59)61-40-58-37-32-46(41(3)4)51(58)47-30-31-49-55(7)35-34-50(54(5,6)48(55)33-36-57(49,9)56(47,8)38-39-58)62-53(60)45-28-24-43(25-29-45)21-19-17-15-13-11-2/h22-29,46-51H,3,10-21,30-40H2,1-2,4-9H3/t46-,47+,48-,49+,50-,51+,55-,56+,57+,58+/m0/s1. The van der Waals surface area contributed by atoms with Gasteiger partial charge in [0, 0.05) is 10.8 Å². The van der Waals surface area contributed by atoms with Crippen molar-refractivity contribution in [2.24, 2.45) is 56.7 Å². The summed E-state index contributed by atoms with van der Waals surface area (Å²) < 4.78 is 12.9. The van der Waals surface area contributed by atoms with Gasteiger partial charge in [-0.05, 0) is 178 Å². The van der Waals surface area contributed by atoms with Crippen LogP contribution in [0.4, 0.5) is 0 Å². The zero-order chi connectivity index (χ0) is 44.3. The SMILES string of the molecule is C=C(C)[C@@H]1CC[C@]2(COC(=O)c3ccc(CCCCCCC)cc3)CC[C@]3(C)[C@H](CC[C@@H]4[C@@]5(C)CC[C@H](OC(=O)c6ccc(CCCCCCC)cc6)C(C)(C)[C@@H]5CC[C@]43C)[C@@H]12. The summed E-state index contributed by atoms with van der Waals surface area (Å²) in [6.07, 6.45) is 26.5. The maximum absolute atomic E-state index is 13.7. The van der Waals surface area contributed by atoms with E-state index in [1.54, 1.807) is 0 Å². The van der Waals surface area contributed by atoms with Gasteiger partial charge in [-0.2, -0.15) is 0 Å². The fourth-order valence-electron chi connectivity index (χ4n) is 15.7. The van der Waals surface area contributed by atoms with Crippen LogP contribution in [0, 0.1) is 56.7 Å². The molecule has 62 heavy (non-hydrogen) atoms. The lowest BCUT2D eigenvalue weighted by Gasteiger charge is -2.73. The number of hydrogen-bond acceptors (Lipinski definition) is 4. The number of aryl methyl sites for hydroxylation is 2. The molecule has 7 rings (SSSR count). The van der Waals surface area contributed by atoms with Gasteiger partial charge in [0.15, 0.2) is 0 Å². The Morgan fingerprint density at radius 2 is 1.19 bits per heavy atom. The van der Waals surface area contributed by atoms with Crippen LogP contribution < -0.4 is 0 Å². The Labute approximate surface area is 378 Å². The van der Waals surface area contributed by atoms with Crippen LogP contribution in [0.3, 0.4) is 0 Å². The second kappa shape index (κ2) is 19.3. The van der Waals surface area contributed by atoms with Crippen LogP contribution in [0.2, 0.25) is 0 Å². The van der Waals surface area contributed by atoms with Gasteiger partial charge in [0.25, 0.3) is 0 Å². The van der Waals surface area contributed by atoms with Gasteiger partial charge in [-0.25, -0.2) is 9.59 Å². The van der Waals surface area contributed by atoms with Crippen LogP contribution in [0.5, 0.6) is 0 Å². The highest BCUT2D eigenvalue weighted by Gasteiger charge is 2.71. The number of ether oxygens (including phenoxy) is 2. The normalized spacial score (nSPS) is 34.6. The summed E-state index contributed by atoms with van der Waals surface area (Å²) in [6, 6.07) is 16.5. The number of carbonyl (C=O) groups excluding carboxylic acids is 2. The van der Waals surface area contributed by atoms with Crippen LogP contribution in [-0.4, -0.2) is 24.6 Å².